The van der Waals surface area contributed by atoms with Gasteiger partial charge in [-0.05, 0) is 24.6 Å². The Morgan fingerprint density at radius 1 is 1.09 bits per heavy atom. The summed E-state index contributed by atoms with van der Waals surface area (Å²) in [7, 11) is 1.53. The van der Waals surface area contributed by atoms with Gasteiger partial charge in [0.25, 0.3) is 0 Å². The van der Waals surface area contributed by atoms with Crippen molar-refractivity contribution in [3.63, 3.8) is 0 Å². The average molecular weight is 312 g/mol. The minimum Gasteiger partial charge on any atom is -0.378 e. The van der Waals surface area contributed by atoms with Crippen molar-refractivity contribution in [2.45, 2.75) is 33.6 Å². The molecule has 2 rings (SSSR count). The van der Waals surface area contributed by atoms with Crippen molar-refractivity contribution >= 4 is 0 Å². The summed E-state index contributed by atoms with van der Waals surface area (Å²) in [5, 5.41) is 0. The topological polar surface area (TPSA) is 35.0 Å². The smallest absolute Gasteiger partial charge is 0.378 e. The Kier molecular flexibility index (Phi) is 6.49. The Hall–Kier alpha value is -1.95. The third-order valence-electron chi connectivity index (χ3n) is 2.86. The number of halogens is 3. The van der Waals surface area contributed by atoms with Crippen LogP contribution in [0.3, 0.4) is 0 Å². The largest absolute Gasteiger partial charge is 0.416 e. The summed E-state index contributed by atoms with van der Waals surface area (Å²) in [6, 6.07) is 3.58. The molecule has 0 atom stereocenters. The Bertz CT molecular complexity index is 613. The second kappa shape index (κ2) is 7.89. The molecular formula is C16H19F3N2O. The van der Waals surface area contributed by atoms with E-state index in [0.29, 0.717) is 22.5 Å². The number of alkyl halides is 3. The first kappa shape index (κ1) is 18.1. The number of hydrogen-bond acceptors (Lipinski definition) is 3. The van der Waals surface area contributed by atoms with E-state index in [1.54, 1.807) is 6.92 Å². The van der Waals surface area contributed by atoms with E-state index in [1.165, 1.54) is 25.6 Å². The zero-order valence-electron chi connectivity index (χ0n) is 13.0. The summed E-state index contributed by atoms with van der Waals surface area (Å²) in [6.45, 7) is 5.87. The van der Waals surface area contributed by atoms with Gasteiger partial charge in [-0.15, -0.1) is 0 Å². The summed E-state index contributed by atoms with van der Waals surface area (Å²) in [6.07, 6.45) is -1.32. The number of rotatable bonds is 3. The van der Waals surface area contributed by atoms with Crippen molar-refractivity contribution in [2.75, 3.05) is 7.11 Å². The normalized spacial score (nSPS) is 10.9. The van der Waals surface area contributed by atoms with Gasteiger partial charge in [0, 0.05) is 25.1 Å². The van der Waals surface area contributed by atoms with E-state index in [1.807, 2.05) is 13.8 Å². The maximum atomic E-state index is 12.7. The number of benzene rings is 1. The monoisotopic (exact) mass is 312 g/mol. The van der Waals surface area contributed by atoms with Crippen molar-refractivity contribution in [3.05, 3.63) is 47.4 Å². The molecule has 2 aromatic rings. The SMILES string of the molecule is CC.COCc1nccnc1-c1ccc(C(F)(F)F)cc1C. The molecule has 1 aromatic carbocycles. The number of methoxy groups -OCH3 is 1. The molecule has 0 aliphatic rings. The molecule has 0 radical (unpaired) electrons. The van der Waals surface area contributed by atoms with Crippen LogP contribution < -0.4 is 0 Å². The lowest BCUT2D eigenvalue weighted by Gasteiger charge is -2.12. The molecule has 0 spiro atoms. The van der Waals surface area contributed by atoms with Crippen LogP contribution in [0.2, 0.25) is 0 Å². The molecule has 0 unspecified atom stereocenters. The van der Waals surface area contributed by atoms with Crippen molar-refractivity contribution in [2.24, 2.45) is 0 Å². The summed E-state index contributed by atoms with van der Waals surface area (Å²) in [4.78, 5) is 8.34. The van der Waals surface area contributed by atoms with Crippen LogP contribution in [0.4, 0.5) is 13.2 Å². The van der Waals surface area contributed by atoms with E-state index in [9.17, 15) is 13.2 Å². The van der Waals surface area contributed by atoms with Crippen LogP contribution in [0.25, 0.3) is 11.3 Å². The van der Waals surface area contributed by atoms with Gasteiger partial charge < -0.3 is 4.74 Å². The quantitative estimate of drug-likeness (QED) is 0.828. The summed E-state index contributed by atoms with van der Waals surface area (Å²) in [5.41, 5.74) is 1.59. The number of aromatic nitrogens is 2. The molecule has 0 saturated heterocycles. The minimum atomic E-state index is -4.35. The summed E-state index contributed by atoms with van der Waals surface area (Å²) in [5.74, 6) is 0. The van der Waals surface area contributed by atoms with Crippen LogP contribution in [0, 0.1) is 6.92 Å². The minimum absolute atomic E-state index is 0.254. The molecule has 0 saturated carbocycles. The molecule has 1 heterocycles. The predicted molar refractivity (Wildman–Crippen MR) is 79.3 cm³/mol. The van der Waals surface area contributed by atoms with Crippen molar-refractivity contribution in [1.82, 2.24) is 9.97 Å². The van der Waals surface area contributed by atoms with Crippen LogP contribution in [0.5, 0.6) is 0 Å². The van der Waals surface area contributed by atoms with E-state index in [-0.39, 0.29) is 6.61 Å². The molecule has 0 fully saturated rings. The van der Waals surface area contributed by atoms with Gasteiger partial charge in [-0.1, -0.05) is 19.9 Å². The lowest BCUT2D eigenvalue weighted by molar-refractivity contribution is -0.137. The highest BCUT2D eigenvalue weighted by atomic mass is 19.4. The molecular weight excluding hydrogens is 293 g/mol. The number of aryl methyl sites for hydroxylation is 1. The van der Waals surface area contributed by atoms with E-state index >= 15 is 0 Å². The lowest BCUT2D eigenvalue weighted by Crippen LogP contribution is -2.06. The highest BCUT2D eigenvalue weighted by molar-refractivity contribution is 5.66. The average Bonchev–Trinajstić information content (AvgIpc) is 2.49. The van der Waals surface area contributed by atoms with E-state index in [4.69, 9.17) is 4.74 Å². The fourth-order valence-electron chi connectivity index (χ4n) is 1.94. The van der Waals surface area contributed by atoms with Crippen LogP contribution in [0.15, 0.2) is 30.6 Å². The van der Waals surface area contributed by atoms with Crippen molar-refractivity contribution < 1.29 is 17.9 Å². The van der Waals surface area contributed by atoms with Crippen LogP contribution in [-0.2, 0) is 17.5 Å². The molecule has 0 aliphatic carbocycles. The van der Waals surface area contributed by atoms with Gasteiger partial charge >= 0.3 is 6.18 Å². The molecule has 0 amide bonds. The molecule has 120 valence electrons. The maximum Gasteiger partial charge on any atom is 0.416 e. The fourth-order valence-corrected chi connectivity index (χ4v) is 1.94. The summed E-state index contributed by atoms with van der Waals surface area (Å²) < 4.78 is 43.0. The van der Waals surface area contributed by atoms with Gasteiger partial charge in [-0.2, -0.15) is 13.2 Å². The lowest BCUT2D eigenvalue weighted by atomic mass is 10.0. The number of hydrogen-bond donors (Lipinski definition) is 0. The standard InChI is InChI=1S/C14H13F3N2O.C2H6/c1-9-7-10(14(15,16)17)3-4-11(9)13-12(8-20-2)18-5-6-19-13;1-2/h3-7H,8H2,1-2H3;1-2H3. The fraction of sp³-hybridized carbons (Fsp3) is 0.375. The van der Waals surface area contributed by atoms with Gasteiger partial charge in [-0.3, -0.25) is 9.97 Å². The third kappa shape index (κ3) is 4.27. The highest BCUT2D eigenvalue weighted by Gasteiger charge is 2.30. The first-order chi connectivity index (χ1) is 10.4. The van der Waals surface area contributed by atoms with Gasteiger partial charge in [-0.25, -0.2) is 0 Å². The Labute approximate surface area is 128 Å². The maximum absolute atomic E-state index is 12.7. The Morgan fingerprint density at radius 2 is 1.73 bits per heavy atom. The van der Waals surface area contributed by atoms with Crippen molar-refractivity contribution in [1.29, 1.82) is 0 Å². The molecule has 3 nitrogen and oxygen atoms in total. The predicted octanol–water partition coefficient (Wildman–Crippen LogP) is 4.64. The van der Waals surface area contributed by atoms with Crippen LogP contribution in [-0.4, -0.2) is 17.1 Å². The summed E-state index contributed by atoms with van der Waals surface area (Å²) >= 11 is 0. The second-order valence-corrected chi connectivity index (χ2v) is 4.31. The second-order valence-electron chi connectivity index (χ2n) is 4.31. The van der Waals surface area contributed by atoms with Crippen LogP contribution in [0.1, 0.15) is 30.7 Å². The molecule has 0 aliphatic heterocycles. The van der Waals surface area contributed by atoms with Gasteiger partial charge in [0.15, 0.2) is 0 Å². The van der Waals surface area contributed by atoms with E-state index in [0.717, 1.165) is 12.1 Å². The molecule has 1 aromatic heterocycles. The first-order valence-electron chi connectivity index (χ1n) is 6.90. The van der Waals surface area contributed by atoms with Gasteiger partial charge in [0.05, 0.1) is 23.6 Å². The van der Waals surface area contributed by atoms with Gasteiger partial charge in [0.2, 0.25) is 0 Å². The third-order valence-corrected chi connectivity index (χ3v) is 2.86. The van der Waals surface area contributed by atoms with Gasteiger partial charge in [0.1, 0.15) is 0 Å². The molecule has 0 N–H and O–H groups in total. The van der Waals surface area contributed by atoms with E-state index < -0.39 is 11.7 Å². The Balaban J connectivity index is 0.00000116. The van der Waals surface area contributed by atoms with Crippen LogP contribution >= 0.6 is 0 Å². The zero-order valence-corrected chi connectivity index (χ0v) is 13.0. The molecule has 6 heteroatoms. The number of ether oxygens (including phenoxy) is 1. The first-order valence-corrected chi connectivity index (χ1v) is 6.90. The Morgan fingerprint density at radius 3 is 2.27 bits per heavy atom. The van der Waals surface area contributed by atoms with Crippen molar-refractivity contribution in [3.8, 4) is 11.3 Å². The number of nitrogens with zero attached hydrogens (tertiary/aromatic N) is 2. The molecule has 22 heavy (non-hydrogen) atoms. The van der Waals surface area contributed by atoms with E-state index in [2.05, 4.69) is 9.97 Å². The zero-order chi connectivity index (χ0) is 16.8. The molecule has 0 bridgehead atoms. The highest BCUT2D eigenvalue weighted by Crippen LogP contribution is 2.33.